The van der Waals surface area contributed by atoms with E-state index in [0.717, 1.165) is 59.5 Å². The smallest absolute Gasteiger partial charge is 0.195 e. The number of aliphatic imine (C=N–C) groups is 1. The van der Waals surface area contributed by atoms with Crippen molar-refractivity contribution in [2.24, 2.45) is 4.99 Å². The average molecular weight is 358 g/mol. The Balaban J connectivity index is 1.67. The molecule has 26 heavy (non-hydrogen) atoms. The van der Waals surface area contributed by atoms with Gasteiger partial charge in [-0.1, -0.05) is 5.16 Å². The summed E-state index contributed by atoms with van der Waals surface area (Å²) in [5.41, 5.74) is 2.96. The molecule has 0 saturated heterocycles. The molecule has 1 aromatic heterocycles. The molecule has 0 atom stereocenters. The Hall–Kier alpha value is -2.70. The van der Waals surface area contributed by atoms with Crippen LogP contribution in [0.5, 0.6) is 11.5 Å². The SMILES string of the molecule is CCNC(=NCCc1c(C)noc1C)Nc1ccc2c(c1)OCCCO2. The van der Waals surface area contributed by atoms with Crippen molar-refractivity contribution in [1.29, 1.82) is 0 Å². The molecule has 0 bridgehead atoms. The van der Waals surface area contributed by atoms with E-state index in [2.05, 4.69) is 20.8 Å². The minimum atomic E-state index is 0.642. The highest BCUT2D eigenvalue weighted by atomic mass is 16.5. The summed E-state index contributed by atoms with van der Waals surface area (Å²) in [6, 6.07) is 5.84. The van der Waals surface area contributed by atoms with Crippen LogP contribution >= 0.6 is 0 Å². The highest BCUT2D eigenvalue weighted by Gasteiger charge is 2.12. The molecular weight excluding hydrogens is 332 g/mol. The molecule has 0 fully saturated rings. The van der Waals surface area contributed by atoms with Crippen molar-refractivity contribution >= 4 is 11.6 Å². The van der Waals surface area contributed by atoms with Crippen LogP contribution in [-0.2, 0) is 6.42 Å². The predicted molar refractivity (Wildman–Crippen MR) is 101 cm³/mol. The fourth-order valence-electron chi connectivity index (χ4n) is 2.82. The number of ether oxygens (including phenoxy) is 2. The zero-order valence-electron chi connectivity index (χ0n) is 15.6. The first-order valence-electron chi connectivity index (χ1n) is 9.04. The normalized spacial score (nSPS) is 14.0. The first-order chi connectivity index (χ1) is 12.7. The van der Waals surface area contributed by atoms with E-state index in [4.69, 9.17) is 14.0 Å². The van der Waals surface area contributed by atoms with Crippen LogP contribution in [-0.4, -0.2) is 37.4 Å². The quantitative estimate of drug-likeness (QED) is 0.631. The second-order valence-corrected chi connectivity index (χ2v) is 6.15. The van der Waals surface area contributed by atoms with Gasteiger partial charge >= 0.3 is 0 Å². The summed E-state index contributed by atoms with van der Waals surface area (Å²) in [5.74, 6) is 3.14. The topological polar surface area (TPSA) is 80.9 Å². The molecule has 0 radical (unpaired) electrons. The Bertz CT molecular complexity index is 751. The number of guanidine groups is 1. The number of anilines is 1. The van der Waals surface area contributed by atoms with Gasteiger partial charge in [0.2, 0.25) is 0 Å². The number of nitrogens with zero attached hydrogens (tertiary/aromatic N) is 2. The van der Waals surface area contributed by atoms with Gasteiger partial charge < -0.3 is 24.6 Å². The lowest BCUT2D eigenvalue weighted by Gasteiger charge is -2.13. The predicted octanol–water partition coefficient (Wildman–Crippen LogP) is 3.07. The molecule has 0 amide bonds. The van der Waals surface area contributed by atoms with Gasteiger partial charge in [-0.15, -0.1) is 0 Å². The third-order valence-electron chi connectivity index (χ3n) is 4.17. The standard InChI is InChI=1S/C19H26N4O3/c1-4-20-19(21-9-8-16-13(2)23-26-14(16)3)22-15-6-7-17-18(12-15)25-11-5-10-24-17/h6-7,12H,4-5,8-11H2,1-3H3,(H2,20,21,22). The van der Waals surface area contributed by atoms with Crippen LogP contribution in [0.15, 0.2) is 27.7 Å². The van der Waals surface area contributed by atoms with Crippen molar-refractivity contribution in [2.45, 2.75) is 33.6 Å². The molecule has 1 aliphatic rings. The third kappa shape index (κ3) is 4.47. The van der Waals surface area contributed by atoms with Crippen LogP contribution in [0.4, 0.5) is 5.69 Å². The van der Waals surface area contributed by atoms with Gasteiger partial charge in [-0.25, -0.2) is 0 Å². The monoisotopic (exact) mass is 358 g/mol. The van der Waals surface area contributed by atoms with E-state index in [1.165, 1.54) is 0 Å². The zero-order valence-corrected chi connectivity index (χ0v) is 15.6. The Morgan fingerprint density at radius 3 is 2.73 bits per heavy atom. The Kier molecular flexibility index (Phi) is 5.99. The van der Waals surface area contributed by atoms with E-state index in [1.807, 2.05) is 39.0 Å². The van der Waals surface area contributed by atoms with Gasteiger partial charge in [0.15, 0.2) is 17.5 Å². The molecule has 0 aliphatic carbocycles. The van der Waals surface area contributed by atoms with Crippen molar-refractivity contribution in [3.05, 3.63) is 35.2 Å². The highest BCUT2D eigenvalue weighted by Crippen LogP contribution is 2.32. The molecule has 2 N–H and O–H groups in total. The fourth-order valence-corrected chi connectivity index (χ4v) is 2.82. The van der Waals surface area contributed by atoms with E-state index < -0.39 is 0 Å². The first-order valence-corrected chi connectivity index (χ1v) is 9.04. The summed E-state index contributed by atoms with van der Waals surface area (Å²) in [6.45, 7) is 8.70. The fraction of sp³-hybridized carbons (Fsp3) is 0.474. The van der Waals surface area contributed by atoms with Crippen LogP contribution in [0.2, 0.25) is 0 Å². The number of aryl methyl sites for hydroxylation is 2. The number of fused-ring (bicyclic) bond motifs is 1. The van der Waals surface area contributed by atoms with E-state index in [1.54, 1.807) is 0 Å². The van der Waals surface area contributed by atoms with Crippen LogP contribution in [0.1, 0.15) is 30.4 Å². The summed E-state index contributed by atoms with van der Waals surface area (Å²) in [4.78, 5) is 4.65. The average Bonchev–Trinajstić information content (AvgIpc) is 2.83. The lowest BCUT2D eigenvalue weighted by molar-refractivity contribution is 0.297. The van der Waals surface area contributed by atoms with Gasteiger partial charge in [0.05, 0.1) is 18.9 Å². The number of rotatable bonds is 5. The molecule has 7 nitrogen and oxygen atoms in total. The van der Waals surface area contributed by atoms with Crippen molar-refractivity contribution in [3.63, 3.8) is 0 Å². The van der Waals surface area contributed by atoms with Crippen LogP contribution in [0.3, 0.4) is 0 Å². The molecule has 1 aromatic carbocycles. The molecule has 3 rings (SSSR count). The Morgan fingerprint density at radius 2 is 2.00 bits per heavy atom. The Labute approximate surface area is 153 Å². The summed E-state index contributed by atoms with van der Waals surface area (Å²) in [7, 11) is 0. The largest absolute Gasteiger partial charge is 0.490 e. The maximum Gasteiger partial charge on any atom is 0.195 e. The van der Waals surface area contributed by atoms with Crippen molar-refractivity contribution in [3.8, 4) is 11.5 Å². The molecule has 7 heteroatoms. The summed E-state index contributed by atoms with van der Waals surface area (Å²) in [6.07, 6.45) is 1.68. The van der Waals surface area contributed by atoms with Crippen LogP contribution < -0.4 is 20.1 Å². The maximum absolute atomic E-state index is 5.74. The number of nitrogens with one attached hydrogen (secondary N) is 2. The van der Waals surface area contributed by atoms with Gasteiger partial charge in [0.1, 0.15) is 5.76 Å². The van der Waals surface area contributed by atoms with Gasteiger partial charge in [-0.3, -0.25) is 4.99 Å². The molecule has 2 aromatic rings. The number of aromatic nitrogens is 1. The highest BCUT2D eigenvalue weighted by molar-refractivity contribution is 5.93. The molecule has 140 valence electrons. The van der Waals surface area contributed by atoms with Gasteiger partial charge in [-0.05, 0) is 39.3 Å². The molecular formula is C19H26N4O3. The number of hydrogen-bond acceptors (Lipinski definition) is 5. The Morgan fingerprint density at radius 1 is 1.19 bits per heavy atom. The minimum absolute atomic E-state index is 0.642. The number of hydrogen-bond donors (Lipinski definition) is 2. The summed E-state index contributed by atoms with van der Waals surface area (Å²) >= 11 is 0. The molecule has 0 spiro atoms. The van der Waals surface area contributed by atoms with Gasteiger partial charge in [-0.2, -0.15) is 0 Å². The van der Waals surface area contributed by atoms with E-state index >= 15 is 0 Å². The number of benzene rings is 1. The third-order valence-corrected chi connectivity index (χ3v) is 4.17. The van der Waals surface area contributed by atoms with E-state index in [-0.39, 0.29) is 0 Å². The molecule has 0 unspecified atom stereocenters. The van der Waals surface area contributed by atoms with Crippen LogP contribution in [0.25, 0.3) is 0 Å². The maximum atomic E-state index is 5.74. The lowest BCUT2D eigenvalue weighted by Crippen LogP contribution is -2.30. The lowest BCUT2D eigenvalue weighted by atomic mass is 10.1. The molecule has 2 heterocycles. The van der Waals surface area contributed by atoms with Crippen molar-refractivity contribution in [1.82, 2.24) is 10.5 Å². The first kappa shape index (κ1) is 18.1. The molecule has 1 aliphatic heterocycles. The van der Waals surface area contributed by atoms with E-state index in [0.29, 0.717) is 19.8 Å². The second kappa shape index (κ2) is 8.60. The zero-order chi connectivity index (χ0) is 18.4. The van der Waals surface area contributed by atoms with Gasteiger partial charge in [0.25, 0.3) is 0 Å². The van der Waals surface area contributed by atoms with Crippen molar-refractivity contribution < 1.29 is 14.0 Å². The minimum Gasteiger partial charge on any atom is -0.490 e. The van der Waals surface area contributed by atoms with Crippen molar-refractivity contribution in [2.75, 3.05) is 31.6 Å². The molecule has 0 saturated carbocycles. The summed E-state index contributed by atoms with van der Waals surface area (Å²) < 4.78 is 16.6. The van der Waals surface area contributed by atoms with Gasteiger partial charge in [0, 0.05) is 36.8 Å². The van der Waals surface area contributed by atoms with E-state index in [9.17, 15) is 0 Å². The summed E-state index contributed by atoms with van der Waals surface area (Å²) in [5, 5.41) is 10.6. The van der Waals surface area contributed by atoms with Crippen LogP contribution in [0, 0.1) is 13.8 Å². The second-order valence-electron chi connectivity index (χ2n) is 6.15.